The van der Waals surface area contributed by atoms with Gasteiger partial charge in [-0.3, -0.25) is 0 Å². The predicted molar refractivity (Wildman–Crippen MR) is 60.3 cm³/mol. The van der Waals surface area contributed by atoms with Crippen LogP contribution in [0.4, 0.5) is 0 Å². The van der Waals surface area contributed by atoms with E-state index in [4.69, 9.17) is 0 Å². The molecule has 0 amide bonds. The van der Waals surface area contributed by atoms with Crippen molar-refractivity contribution in [3.63, 3.8) is 0 Å². The van der Waals surface area contributed by atoms with Crippen molar-refractivity contribution in [3.8, 4) is 0 Å². The molecule has 1 aliphatic carbocycles. The first-order valence-corrected chi connectivity index (χ1v) is 5.39. The zero-order valence-electron chi connectivity index (χ0n) is 9.88. The van der Waals surface area contributed by atoms with Crippen molar-refractivity contribution in [2.45, 2.75) is 44.8 Å². The molecule has 1 aliphatic rings. The zero-order chi connectivity index (χ0) is 10.9. The molecule has 0 spiro atoms. The van der Waals surface area contributed by atoms with E-state index in [1.807, 2.05) is 14.1 Å². The highest BCUT2D eigenvalue weighted by Gasteiger charge is 2.40. The van der Waals surface area contributed by atoms with Gasteiger partial charge in [0, 0.05) is 5.54 Å². The molecule has 82 valence electrons. The smallest absolute Gasteiger partial charge is 0.0726 e. The molecule has 1 rings (SSSR count). The van der Waals surface area contributed by atoms with Crippen LogP contribution in [0.5, 0.6) is 0 Å². The zero-order valence-corrected chi connectivity index (χ0v) is 9.88. The van der Waals surface area contributed by atoms with E-state index in [0.717, 1.165) is 19.3 Å². The summed E-state index contributed by atoms with van der Waals surface area (Å²) in [5.41, 5.74) is 1.16. The molecule has 1 N–H and O–H groups in total. The summed E-state index contributed by atoms with van der Waals surface area (Å²) in [6.45, 7) is 8.19. The lowest BCUT2D eigenvalue weighted by atomic mass is 9.73. The van der Waals surface area contributed by atoms with Crippen LogP contribution in [0.15, 0.2) is 12.2 Å². The Kier molecular flexibility index (Phi) is 3.38. The minimum atomic E-state index is -0.229. The highest BCUT2D eigenvalue weighted by Crippen LogP contribution is 2.37. The number of allylic oxidation sites excluding steroid dienone is 1. The summed E-state index contributed by atoms with van der Waals surface area (Å²) < 4.78 is 0. The van der Waals surface area contributed by atoms with E-state index in [-0.39, 0.29) is 11.6 Å². The summed E-state index contributed by atoms with van der Waals surface area (Å²) in [5.74, 6) is 0.512. The molecule has 1 saturated carbocycles. The van der Waals surface area contributed by atoms with Gasteiger partial charge < -0.3 is 10.0 Å². The van der Waals surface area contributed by atoms with Crippen molar-refractivity contribution in [2.24, 2.45) is 5.92 Å². The van der Waals surface area contributed by atoms with Crippen molar-refractivity contribution < 1.29 is 5.11 Å². The minimum absolute atomic E-state index is 0.0497. The number of likely N-dealkylation sites (N-methyl/N-ethyl adjacent to an activating group) is 1. The van der Waals surface area contributed by atoms with Crippen LogP contribution in [0, 0.1) is 5.92 Å². The van der Waals surface area contributed by atoms with Crippen LogP contribution in [0.25, 0.3) is 0 Å². The highest BCUT2D eigenvalue weighted by molar-refractivity contribution is 5.05. The highest BCUT2D eigenvalue weighted by atomic mass is 16.3. The van der Waals surface area contributed by atoms with Gasteiger partial charge in [-0.2, -0.15) is 0 Å². The molecule has 2 heteroatoms. The van der Waals surface area contributed by atoms with E-state index in [1.165, 1.54) is 5.57 Å². The van der Waals surface area contributed by atoms with Crippen LogP contribution in [-0.2, 0) is 0 Å². The van der Waals surface area contributed by atoms with Crippen LogP contribution in [-0.4, -0.2) is 35.7 Å². The molecule has 0 heterocycles. The molecule has 14 heavy (non-hydrogen) atoms. The maximum absolute atomic E-state index is 10.1. The van der Waals surface area contributed by atoms with Gasteiger partial charge in [-0.15, -0.1) is 0 Å². The SMILES string of the molecule is C=C(C)C1CCC(C)(N(C)C)C(O)C1. The normalized spacial score (nSPS) is 38.7. The van der Waals surface area contributed by atoms with Crippen LogP contribution >= 0.6 is 0 Å². The molecule has 0 aromatic heterocycles. The molecule has 0 aliphatic heterocycles. The van der Waals surface area contributed by atoms with E-state index in [1.54, 1.807) is 0 Å². The lowest BCUT2D eigenvalue weighted by molar-refractivity contribution is -0.0364. The van der Waals surface area contributed by atoms with E-state index < -0.39 is 0 Å². The monoisotopic (exact) mass is 197 g/mol. The van der Waals surface area contributed by atoms with Gasteiger partial charge in [0.2, 0.25) is 0 Å². The van der Waals surface area contributed by atoms with E-state index >= 15 is 0 Å². The van der Waals surface area contributed by atoms with Gasteiger partial charge >= 0.3 is 0 Å². The lowest BCUT2D eigenvalue weighted by Gasteiger charge is -2.46. The summed E-state index contributed by atoms with van der Waals surface area (Å²) in [5, 5.41) is 10.1. The third-order valence-electron chi connectivity index (χ3n) is 3.94. The van der Waals surface area contributed by atoms with Crippen molar-refractivity contribution in [1.29, 1.82) is 0 Å². The van der Waals surface area contributed by atoms with Crippen LogP contribution in [0.1, 0.15) is 33.1 Å². The number of hydrogen-bond donors (Lipinski definition) is 1. The summed E-state index contributed by atoms with van der Waals surface area (Å²) in [7, 11) is 4.09. The quantitative estimate of drug-likeness (QED) is 0.685. The van der Waals surface area contributed by atoms with Crippen LogP contribution < -0.4 is 0 Å². The van der Waals surface area contributed by atoms with Crippen molar-refractivity contribution in [2.75, 3.05) is 14.1 Å². The molecule has 0 radical (unpaired) electrons. The third kappa shape index (κ3) is 2.01. The number of hydrogen-bond acceptors (Lipinski definition) is 2. The molecule has 1 fully saturated rings. The first-order valence-electron chi connectivity index (χ1n) is 5.39. The predicted octanol–water partition coefficient (Wildman–Crippen LogP) is 2.04. The number of rotatable bonds is 2. The summed E-state index contributed by atoms with van der Waals surface area (Å²) >= 11 is 0. The van der Waals surface area contributed by atoms with Gasteiger partial charge in [0.05, 0.1) is 6.10 Å². The molecular formula is C12H23NO. The minimum Gasteiger partial charge on any atom is -0.391 e. The molecule has 0 saturated heterocycles. The van der Waals surface area contributed by atoms with Crippen LogP contribution in [0.3, 0.4) is 0 Å². The number of nitrogens with zero attached hydrogens (tertiary/aromatic N) is 1. The summed E-state index contributed by atoms with van der Waals surface area (Å²) in [4.78, 5) is 2.15. The fourth-order valence-corrected chi connectivity index (χ4v) is 2.24. The van der Waals surface area contributed by atoms with Gasteiger partial charge in [0.1, 0.15) is 0 Å². The Morgan fingerprint density at radius 2 is 2.07 bits per heavy atom. The van der Waals surface area contributed by atoms with Gasteiger partial charge in [0.15, 0.2) is 0 Å². The van der Waals surface area contributed by atoms with E-state index in [0.29, 0.717) is 5.92 Å². The topological polar surface area (TPSA) is 23.5 Å². The van der Waals surface area contributed by atoms with Gasteiger partial charge in [0.25, 0.3) is 0 Å². The fourth-order valence-electron chi connectivity index (χ4n) is 2.24. The Labute approximate surface area is 87.6 Å². The third-order valence-corrected chi connectivity index (χ3v) is 3.94. The standard InChI is InChI=1S/C12H23NO/c1-9(2)10-6-7-12(3,13(4)5)11(14)8-10/h10-11,14H,1,6-8H2,2-5H3. The summed E-state index contributed by atoms with van der Waals surface area (Å²) in [6, 6.07) is 0. The number of aliphatic hydroxyl groups is 1. The first-order chi connectivity index (χ1) is 6.38. The van der Waals surface area contributed by atoms with Crippen molar-refractivity contribution >= 4 is 0 Å². The second kappa shape index (κ2) is 4.03. The van der Waals surface area contributed by atoms with E-state index in [9.17, 15) is 5.11 Å². The molecule has 3 unspecified atom stereocenters. The molecule has 3 atom stereocenters. The molecule has 0 bridgehead atoms. The second-order valence-corrected chi connectivity index (χ2v) is 5.09. The van der Waals surface area contributed by atoms with Crippen molar-refractivity contribution in [3.05, 3.63) is 12.2 Å². The Bertz CT molecular complexity index is 224. The van der Waals surface area contributed by atoms with Gasteiger partial charge in [-0.1, -0.05) is 12.2 Å². The van der Waals surface area contributed by atoms with Crippen molar-refractivity contribution in [1.82, 2.24) is 4.90 Å². The maximum atomic E-state index is 10.1. The molecule has 0 aromatic carbocycles. The van der Waals surface area contributed by atoms with Gasteiger partial charge in [-0.05, 0) is 53.1 Å². The molecule has 2 nitrogen and oxygen atoms in total. The fraction of sp³-hybridized carbons (Fsp3) is 0.833. The average Bonchev–Trinajstić information content (AvgIpc) is 2.09. The Morgan fingerprint density at radius 1 is 1.50 bits per heavy atom. The Balaban J connectivity index is 2.69. The average molecular weight is 197 g/mol. The summed E-state index contributed by atoms with van der Waals surface area (Å²) in [6.07, 6.45) is 2.84. The van der Waals surface area contributed by atoms with Gasteiger partial charge in [-0.25, -0.2) is 0 Å². The van der Waals surface area contributed by atoms with E-state index in [2.05, 4.69) is 25.3 Å². The second-order valence-electron chi connectivity index (χ2n) is 5.09. The Hall–Kier alpha value is -0.340. The first kappa shape index (κ1) is 11.7. The lowest BCUT2D eigenvalue weighted by Crippen LogP contribution is -2.54. The molecular weight excluding hydrogens is 174 g/mol. The molecule has 0 aromatic rings. The largest absolute Gasteiger partial charge is 0.391 e. The Morgan fingerprint density at radius 3 is 2.43 bits per heavy atom. The number of aliphatic hydroxyl groups excluding tert-OH is 1. The maximum Gasteiger partial charge on any atom is 0.0726 e. The van der Waals surface area contributed by atoms with Crippen LogP contribution in [0.2, 0.25) is 0 Å².